The molecule has 3 heterocycles. The fourth-order valence-electron chi connectivity index (χ4n) is 3.67. The van der Waals surface area contributed by atoms with E-state index in [1.54, 1.807) is 0 Å². The van der Waals surface area contributed by atoms with Crippen LogP contribution in [-0.2, 0) is 9.57 Å². The summed E-state index contributed by atoms with van der Waals surface area (Å²) in [6, 6.07) is 14.0. The molecule has 132 valence electrons. The number of benzene rings is 2. The number of hydrogen-bond acceptors (Lipinski definition) is 4. The van der Waals surface area contributed by atoms with Gasteiger partial charge in [0.05, 0.1) is 24.2 Å². The number of aromatic nitrogens is 2. The Labute approximate surface area is 156 Å². The quantitative estimate of drug-likeness (QED) is 0.722. The highest BCUT2D eigenvalue weighted by molar-refractivity contribution is 6.33. The Bertz CT molecular complexity index is 1010. The van der Waals surface area contributed by atoms with E-state index in [1.165, 1.54) is 0 Å². The number of nitrogens with zero attached hydrogens (tertiary/aromatic N) is 2. The smallest absolute Gasteiger partial charge is 0.156 e. The first kappa shape index (κ1) is 15.9. The van der Waals surface area contributed by atoms with Gasteiger partial charge < -0.3 is 14.6 Å². The number of ether oxygens (including phenoxy) is 1. The highest BCUT2D eigenvalue weighted by atomic mass is 35.5. The van der Waals surface area contributed by atoms with Gasteiger partial charge in [-0.15, -0.1) is 0 Å². The number of oxime groups is 1. The Kier molecular flexibility index (Phi) is 3.72. The van der Waals surface area contributed by atoms with Crippen LogP contribution in [0.1, 0.15) is 25.1 Å². The molecule has 2 aromatic carbocycles. The van der Waals surface area contributed by atoms with Crippen molar-refractivity contribution < 1.29 is 9.57 Å². The number of aromatic amines is 1. The van der Waals surface area contributed by atoms with Crippen LogP contribution in [0.4, 0.5) is 0 Å². The lowest BCUT2D eigenvalue weighted by molar-refractivity contribution is -0.0919. The Morgan fingerprint density at radius 2 is 1.92 bits per heavy atom. The third-order valence-electron chi connectivity index (χ3n) is 5.18. The summed E-state index contributed by atoms with van der Waals surface area (Å²) in [7, 11) is 0. The zero-order chi connectivity index (χ0) is 17.6. The molecule has 6 heteroatoms. The molecular weight excluding hydrogens is 350 g/mol. The number of fused-ring (bicyclic) bond motifs is 1. The van der Waals surface area contributed by atoms with Crippen LogP contribution in [0.25, 0.3) is 22.2 Å². The highest BCUT2D eigenvalue weighted by Gasteiger charge is 2.41. The van der Waals surface area contributed by atoms with E-state index in [2.05, 4.69) is 22.3 Å². The van der Waals surface area contributed by atoms with Crippen LogP contribution >= 0.6 is 11.6 Å². The first-order chi connectivity index (χ1) is 12.7. The fraction of sp³-hybridized carbons (Fsp3) is 0.300. The zero-order valence-electron chi connectivity index (χ0n) is 14.2. The molecule has 0 aliphatic carbocycles. The van der Waals surface area contributed by atoms with Crippen LogP contribution in [0.3, 0.4) is 0 Å². The maximum absolute atomic E-state index is 6.33. The highest BCUT2D eigenvalue weighted by Crippen LogP contribution is 2.35. The predicted molar refractivity (Wildman–Crippen MR) is 102 cm³/mol. The summed E-state index contributed by atoms with van der Waals surface area (Å²) in [5, 5.41) is 5.05. The van der Waals surface area contributed by atoms with Gasteiger partial charge in [-0.1, -0.05) is 41.0 Å². The van der Waals surface area contributed by atoms with Gasteiger partial charge in [0.15, 0.2) is 5.82 Å². The average molecular weight is 368 g/mol. The summed E-state index contributed by atoms with van der Waals surface area (Å²) in [5.74, 6) is 0.777. The molecule has 2 aliphatic heterocycles. The number of imidazole rings is 1. The van der Waals surface area contributed by atoms with E-state index < -0.39 is 0 Å². The molecule has 1 N–H and O–H groups in total. The Morgan fingerprint density at radius 1 is 1.08 bits per heavy atom. The summed E-state index contributed by atoms with van der Waals surface area (Å²) >= 11 is 6.33. The third kappa shape index (κ3) is 2.68. The summed E-state index contributed by atoms with van der Waals surface area (Å²) in [6.45, 7) is 1.45. The predicted octanol–water partition coefficient (Wildman–Crippen LogP) is 4.56. The molecule has 0 atom stereocenters. The molecule has 1 spiro atoms. The number of H-pyrrole nitrogens is 1. The third-order valence-corrected chi connectivity index (χ3v) is 5.51. The summed E-state index contributed by atoms with van der Waals surface area (Å²) in [6.07, 6.45) is 2.52. The largest absolute Gasteiger partial charge is 0.388 e. The van der Waals surface area contributed by atoms with E-state index in [4.69, 9.17) is 26.2 Å². The second-order valence-corrected chi connectivity index (χ2v) is 7.31. The van der Waals surface area contributed by atoms with Crippen LogP contribution in [0, 0.1) is 0 Å². The van der Waals surface area contributed by atoms with E-state index in [0.717, 1.165) is 71.2 Å². The van der Waals surface area contributed by atoms with Crippen molar-refractivity contribution in [3.8, 4) is 11.1 Å². The van der Waals surface area contributed by atoms with Crippen LogP contribution < -0.4 is 0 Å². The molecule has 0 unspecified atom stereocenters. The van der Waals surface area contributed by atoms with Gasteiger partial charge >= 0.3 is 0 Å². The molecule has 0 bridgehead atoms. The van der Waals surface area contributed by atoms with Gasteiger partial charge in [0.2, 0.25) is 0 Å². The molecular formula is C20H18ClN3O2. The zero-order valence-corrected chi connectivity index (χ0v) is 14.9. The van der Waals surface area contributed by atoms with Gasteiger partial charge in [0, 0.05) is 29.8 Å². The molecule has 0 radical (unpaired) electrons. The maximum atomic E-state index is 6.33. The van der Waals surface area contributed by atoms with Crippen molar-refractivity contribution in [3.05, 3.63) is 53.3 Å². The normalized spacial score (nSPS) is 18.9. The minimum atomic E-state index is -0.213. The number of hydrogen-bond donors (Lipinski definition) is 1. The van der Waals surface area contributed by atoms with E-state index >= 15 is 0 Å². The molecule has 0 saturated carbocycles. The van der Waals surface area contributed by atoms with Crippen molar-refractivity contribution in [3.63, 3.8) is 0 Å². The van der Waals surface area contributed by atoms with Crippen molar-refractivity contribution in [1.29, 1.82) is 0 Å². The van der Waals surface area contributed by atoms with Crippen LogP contribution in [-0.4, -0.2) is 34.5 Å². The van der Waals surface area contributed by atoms with Gasteiger partial charge in [-0.2, -0.15) is 0 Å². The van der Waals surface area contributed by atoms with Crippen molar-refractivity contribution in [2.24, 2.45) is 5.16 Å². The summed E-state index contributed by atoms with van der Waals surface area (Å²) < 4.78 is 5.44. The summed E-state index contributed by atoms with van der Waals surface area (Å²) in [4.78, 5) is 13.9. The standard InChI is InChI=1S/C20H18ClN3O2/c21-15-4-2-1-3-14(15)13-5-6-16-17(11-13)23-19(22-16)18-12-20(26-24-18)7-9-25-10-8-20/h1-6,11H,7-10,12H2,(H,22,23). The molecule has 5 rings (SSSR count). The fourth-order valence-corrected chi connectivity index (χ4v) is 3.91. The molecule has 1 aromatic heterocycles. The molecule has 0 amide bonds. The van der Waals surface area contributed by atoms with Gasteiger partial charge in [-0.25, -0.2) is 4.98 Å². The van der Waals surface area contributed by atoms with Crippen molar-refractivity contribution >= 4 is 28.3 Å². The topological polar surface area (TPSA) is 59.5 Å². The maximum Gasteiger partial charge on any atom is 0.156 e. The Hall–Kier alpha value is -2.37. The first-order valence-corrected chi connectivity index (χ1v) is 9.18. The molecule has 1 saturated heterocycles. The Morgan fingerprint density at radius 3 is 2.77 bits per heavy atom. The van der Waals surface area contributed by atoms with Crippen molar-refractivity contribution in [2.45, 2.75) is 24.9 Å². The first-order valence-electron chi connectivity index (χ1n) is 8.80. The second kappa shape index (κ2) is 6.11. The minimum absolute atomic E-state index is 0.213. The lowest BCUT2D eigenvalue weighted by atomic mass is 9.89. The molecule has 2 aliphatic rings. The van der Waals surface area contributed by atoms with Crippen LogP contribution in [0.2, 0.25) is 5.02 Å². The number of nitrogens with one attached hydrogen (secondary N) is 1. The van der Waals surface area contributed by atoms with Gasteiger partial charge in [0.25, 0.3) is 0 Å². The molecule has 5 nitrogen and oxygen atoms in total. The van der Waals surface area contributed by atoms with E-state index in [1.807, 2.05) is 30.3 Å². The molecule has 26 heavy (non-hydrogen) atoms. The lowest BCUT2D eigenvalue weighted by Crippen LogP contribution is -2.36. The monoisotopic (exact) mass is 367 g/mol. The SMILES string of the molecule is Clc1ccccc1-c1ccc2[nH]c(C3=NOC4(CCOCC4)C3)nc2c1. The van der Waals surface area contributed by atoms with Crippen molar-refractivity contribution in [2.75, 3.05) is 13.2 Å². The van der Waals surface area contributed by atoms with E-state index in [9.17, 15) is 0 Å². The van der Waals surface area contributed by atoms with Gasteiger partial charge in [-0.05, 0) is 23.8 Å². The second-order valence-electron chi connectivity index (χ2n) is 6.90. The number of rotatable bonds is 2. The van der Waals surface area contributed by atoms with E-state index in [-0.39, 0.29) is 5.60 Å². The number of halogens is 1. The molecule has 1 fully saturated rings. The van der Waals surface area contributed by atoms with E-state index in [0.29, 0.717) is 0 Å². The van der Waals surface area contributed by atoms with Gasteiger partial charge in [-0.3, -0.25) is 0 Å². The summed E-state index contributed by atoms with van der Waals surface area (Å²) in [5.41, 5.74) is 4.59. The minimum Gasteiger partial charge on any atom is -0.388 e. The van der Waals surface area contributed by atoms with Crippen molar-refractivity contribution in [1.82, 2.24) is 9.97 Å². The van der Waals surface area contributed by atoms with Crippen LogP contribution in [0.5, 0.6) is 0 Å². The van der Waals surface area contributed by atoms with Gasteiger partial charge in [0.1, 0.15) is 11.3 Å². The molecule has 3 aromatic rings. The lowest BCUT2D eigenvalue weighted by Gasteiger charge is -2.30. The average Bonchev–Trinajstić information content (AvgIpc) is 3.26. The Balaban J connectivity index is 1.46. The van der Waals surface area contributed by atoms with Crippen LogP contribution in [0.15, 0.2) is 47.6 Å².